The first-order chi connectivity index (χ1) is 9.50. The molecular weight excluding hydrogens is 258 g/mol. The molecule has 0 atom stereocenters. The summed E-state index contributed by atoms with van der Waals surface area (Å²) in [7, 11) is 3.74. The van der Waals surface area contributed by atoms with E-state index in [4.69, 9.17) is 4.74 Å². The van der Waals surface area contributed by atoms with Crippen LogP contribution < -0.4 is 10.2 Å². The molecular formula is C14H21N3O3. The van der Waals surface area contributed by atoms with Crippen molar-refractivity contribution in [3.63, 3.8) is 0 Å². The molecule has 1 aromatic rings. The average Bonchev–Trinajstić information content (AvgIpc) is 2.46. The van der Waals surface area contributed by atoms with E-state index >= 15 is 0 Å². The van der Waals surface area contributed by atoms with Crippen LogP contribution in [0.5, 0.6) is 0 Å². The third-order valence-corrected chi connectivity index (χ3v) is 3.47. The van der Waals surface area contributed by atoms with Gasteiger partial charge in [-0.2, -0.15) is 0 Å². The molecule has 1 aromatic heterocycles. The van der Waals surface area contributed by atoms with Crippen molar-refractivity contribution < 1.29 is 14.6 Å². The Bertz CT molecular complexity index is 470. The first-order valence-corrected chi connectivity index (χ1v) is 6.72. The summed E-state index contributed by atoms with van der Waals surface area (Å²) in [5.41, 5.74) is -0.315. The van der Waals surface area contributed by atoms with Crippen molar-refractivity contribution in [1.82, 2.24) is 10.3 Å². The van der Waals surface area contributed by atoms with Crippen LogP contribution in [0.2, 0.25) is 0 Å². The van der Waals surface area contributed by atoms with Crippen LogP contribution in [0.4, 0.5) is 5.82 Å². The molecule has 20 heavy (non-hydrogen) atoms. The zero-order chi connectivity index (χ0) is 14.6. The molecule has 0 unspecified atom stereocenters. The Balaban J connectivity index is 1.96. The monoisotopic (exact) mass is 279 g/mol. The number of anilines is 1. The first-order valence-electron chi connectivity index (χ1n) is 6.72. The maximum Gasteiger partial charge on any atom is 0.251 e. The van der Waals surface area contributed by atoms with Gasteiger partial charge in [-0.25, -0.2) is 4.98 Å². The Labute approximate surface area is 118 Å². The van der Waals surface area contributed by atoms with E-state index in [0.29, 0.717) is 31.6 Å². The fraction of sp³-hybridized carbons (Fsp3) is 0.571. The lowest BCUT2D eigenvalue weighted by Crippen LogP contribution is -2.46. The van der Waals surface area contributed by atoms with E-state index in [1.54, 1.807) is 18.3 Å². The number of nitrogens with one attached hydrogen (secondary N) is 1. The normalized spacial score (nSPS) is 17.6. The molecule has 0 aromatic carbocycles. The zero-order valence-corrected chi connectivity index (χ0v) is 11.9. The molecule has 0 radical (unpaired) electrons. The van der Waals surface area contributed by atoms with E-state index in [1.807, 2.05) is 19.0 Å². The number of ether oxygens (including phenoxy) is 1. The molecule has 1 amide bonds. The Hall–Kier alpha value is -1.66. The molecule has 0 spiro atoms. The van der Waals surface area contributed by atoms with Gasteiger partial charge in [0.1, 0.15) is 5.82 Å². The zero-order valence-electron chi connectivity index (χ0n) is 11.9. The molecule has 1 fully saturated rings. The summed E-state index contributed by atoms with van der Waals surface area (Å²) in [6.45, 7) is 1.31. The Morgan fingerprint density at radius 2 is 2.20 bits per heavy atom. The molecule has 1 aliphatic rings. The highest BCUT2D eigenvalue weighted by molar-refractivity contribution is 5.94. The van der Waals surface area contributed by atoms with Crippen LogP contribution in [0.1, 0.15) is 23.2 Å². The number of hydrogen-bond donors (Lipinski definition) is 2. The van der Waals surface area contributed by atoms with Crippen molar-refractivity contribution in [2.24, 2.45) is 0 Å². The molecule has 110 valence electrons. The fourth-order valence-electron chi connectivity index (χ4n) is 2.08. The van der Waals surface area contributed by atoms with Crippen LogP contribution in [0.15, 0.2) is 18.3 Å². The van der Waals surface area contributed by atoms with E-state index in [1.165, 1.54) is 0 Å². The molecule has 6 nitrogen and oxygen atoms in total. The largest absolute Gasteiger partial charge is 0.388 e. The number of pyridine rings is 1. The highest BCUT2D eigenvalue weighted by Crippen LogP contribution is 2.19. The molecule has 1 aliphatic heterocycles. The van der Waals surface area contributed by atoms with Gasteiger partial charge in [0.15, 0.2) is 0 Å². The minimum absolute atomic E-state index is 0.199. The Kier molecular flexibility index (Phi) is 4.57. The summed E-state index contributed by atoms with van der Waals surface area (Å²) < 4.78 is 5.21. The summed E-state index contributed by atoms with van der Waals surface area (Å²) in [4.78, 5) is 18.1. The number of hydrogen-bond acceptors (Lipinski definition) is 5. The summed E-state index contributed by atoms with van der Waals surface area (Å²) in [5, 5.41) is 13.1. The number of aliphatic hydroxyl groups is 1. The van der Waals surface area contributed by atoms with Crippen LogP contribution in [0.25, 0.3) is 0 Å². The highest BCUT2D eigenvalue weighted by Gasteiger charge is 2.30. The highest BCUT2D eigenvalue weighted by atomic mass is 16.5. The number of carbonyl (C=O) groups is 1. The lowest BCUT2D eigenvalue weighted by molar-refractivity contribution is -0.0605. The Morgan fingerprint density at radius 1 is 1.50 bits per heavy atom. The van der Waals surface area contributed by atoms with Crippen LogP contribution in [0, 0.1) is 0 Å². The van der Waals surface area contributed by atoms with Gasteiger partial charge in [0.2, 0.25) is 0 Å². The summed E-state index contributed by atoms with van der Waals surface area (Å²) >= 11 is 0. The fourth-order valence-corrected chi connectivity index (χ4v) is 2.08. The van der Waals surface area contributed by atoms with Crippen LogP contribution in [0.3, 0.4) is 0 Å². The number of aromatic nitrogens is 1. The lowest BCUT2D eigenvalue weighted by Gasteiger charge is -2.32. The lowest BCUT2D eigenvalue weighted by atomic mass is 9.94. The maximum atomic E-state index is 12.1. The molecule has 0 aliphatic carbocycles. The first kappa shape index (κ1) is 14.7. The second-order valence-corrected chi connectivity index (χ2v) is 5.32. The quantitative estimate of drug-likeness (QED) is 0.835. The van der Waals surface area contributed by atoms with Crippen LogP contribution in [-0.2, 0) is 4.74 Å². The van der Waals surface area contributed by atoms with Gasteiger partial charge < -0.3 is 20.1 Å². The number of rotatable bonds is 4. The predicted molar refractivity (Wildman–Crippen MR) is 75.9 cm³/mol. The van der Waals surface area contributed by atoms with Gasteiger partial charge in [-0.3, -0.25) is 4.79 Å². The molecule has 0 bridgehead atoms. The third kappa shape index (κ3) is 3.68. The second kappa shape index (κ2) is 6.19. The standard InChI is InChI=1S/C14H21N3O3/c1-17(2)12-9-11(3-6-15-12)13(18)16-10-14(19)4-7-20-8-5-14/h3,6,9,19H,4-5,7-8,10H2,1-2H3,(H,16,18). The van der Waals surface area contributed by atoms with E-state index in [2.05, 4.69) is 10.3 Å². The second-order valence-electron chi connectivity index (χ2n) is 5.32. The van der Waals surface area contributed by atoms with Crippen molar-refractivity contribution in [1.29, 1.82) is 0 Å². The van der Waals surface area contributed by atoms with Crippen molar-refractivity contribution in [3.05, 3.63) is 23.9 Å². The SMILES string of the molecule is CN(C)c1cc(C(=O)NCC2(O)CCOCC2)ccn1. The van der Waals surface area contributed by atoms with Crippen molar-refractivity contribution in [3.8, 4) is 0 Å². The van der Waals surface area contributed by atoms with E-state index < -0.39 is 5.60 Å². The molecule has 0 saturated carbocycles. The van der Waals surface area contributed by atoms with Gasteiger partial charge in [0.25, 0.3) is 5.91 Å². The van der Waals surface area contributed by atoms with E-state index in [-0.39, 0.29) is 12.5 Å². The van der Waals surface area contributed by atoms with Gasteiger partial charge in [-0.05, 0) is 12.1 Å². The summed E-state index contributed by atoms with van der Waals surface area (Å²) in [6, 6.07) is 3.39. The average molecular weight is 279 g/mol. The van der Waals surface area contributed by atoms with Crippen molar-refractivity contribution >= 4 is 11.7 Å². The predicted octanol–water partition coefficient (Wildman–Crippen LogP) is 0.419. The van der Waals surface area contributed by atoms with Crippen LogP contribution >= 0.6 is 0 Å². The third-order valence-electron chi connectivity index (χ3n) is 3.47. The Morgan fingerprint density at radius 3 is 2.85 bits per heavy atom. The number of amides is 1. The van der Waals surface area contributed by atoms with Crippen molar-refractivity contribution in [2.45, 2.75) is 18.4 Å². The van der Waals surface area contributed by atoms with Gasteiger partial charge in [0, 0.05) is 58.5 Å². The number of nitrogens with zero attached hydrogens (tertiary/aromatic N) is 2. The molecule has 1 saturated heterocycles. The topological polar surface area (TPSA) is 74.7 Å². The van der Waals surface area contributed by atoms with Gasteiger partial charge >= 0.3 is 0 Å². The van der Waals surface area contributed by atoms with Crippen LogP contribution in [-0.4, -0.2) is 55.5 Å². The molecule has 2 N–H and O–H groups in total. The van der Waals surface area contributed by atoms with E-state index in [0.717, 1.165) is 5.82 Å². The van der Waals surface area contributed by atoms with Crippen molar-refractivity contribution in [2.75, 3.05) is 38.8 Å². The molecule has 6 heteroatoms. The van der Waals surface area contributed by atoms with Gasteiger partial charge in [-0.15, -0.1) is 0 Å². The maximum absolute atomic E-state index is 12.1. The van der Waals surface area contributed by atoms with E-state index in [9.17, 15) is 9.90 Å². The minimum atomic E-state index is -0.856. The number of carbonyl (C=O) groups excluding carboxylic acids is 1. The molecule has 2 rings (SSSR count). The smallest absolute Gasteiger partial charge is 0.251 e. The minimum Gasteiger partial charge on any atom is -0.388 e. The molecule has 2 heterocycles. The van der Waals surface area contributed by atoms with Gasteiger partial charge in [-0.1, -0.05) is 0 Å². The summed E-state index contributed by atoms with van der Waals surface area (Å²) in [6.07, 6.45) is 2.70. The summed E-state index contributed by atoms with van der Waals surface area (Å²) in [5.74, 6) is 0.526. The van der Waals surface area contributed by atoms with Gasteiger partial charge in [0.05, 0.1) is 5.60 Å².